The van der Waals surface area contributed by atoms with Crippen LogP contribution in [0.1, 0.15) is 17.3 Å². The second-order valence-electron chi connectivity index (χ2n) is 3.75. The highest BCUT2D eigenvalue weighted by molar-refractivity contribution is 5.11. The van der Waals surface area contributed by atoms with Crippen LogP contribution in [-0.2, 0) is 12.6 Å². The molecule has 1 aromatic rings. The Morgan fingerprint density at radius 1 is 1.47 bits per heavy atom. The molecule has 0 aliphatic carbocycles. The standard InChI is InChI=1S/C9H11F3N2O/c1-5-7(2-6-3-13-4-6)14-8(15-5)9(10,11)12/h6,13H,2-4H2,1H3. The summed E-state index contributed by atoms with van der Waals surface area (Å²) in [6.07, 6.45) is -3.93. The zero-order chi connectivity index (χ0) is 11.1. The lowest BCUT2D eigenvalue weighted by atomic mass is 9.97. The molecule has 3 nitrogen and oxygen atoms in total. The van der Waals surface area contributed by atoms with Crippen LogP contribution in [-0.4, -0.2) is 18.1 Å². The predicted molar refractivity (Wildman–Crippen MR) is 46.3 cm³/mol. The fraction of sp³-hybridized carbons (Fsp3) is 0.667. The van der Waals surface area contributed by atoms with E-state index in [2.05, 4.69) is 14.7 Å². The summed E-state index contributed by atoms with van der Waals surface area (Å²) in [7, 11) is 0. The Balaban J connectivity index is 2.13. The van der Waals surface area contributed by atoms with Gasteiger partial charge in [-0.1, -0.05) is 0 Å². The molecule has 0 saturated carbocycles. The molecule has 1 N–H and O–H groups in total. The van der Waals surface area contributed by atoms with E-state index in [1.165, 1.54) is 6.92 Å². The third kappa shape index (κ3) is 2.14. The Morgan fingerprint density at radius 2 is 2.13 bits per heavy atom. The molecule has 1 saturated heterocycles. The molecule has 0 amide bonds. The van der Waals surface area contributed by atoms with E-state index < -0.39 is 12.1 Å². The molecule has 15 heavy (non-hydrogen) atoms. The lowest BCUT2D eigenvalue weighted by molar-refractivity contribution is -0.157. The smallest absolute Gasteiger partial charge is 0.438 e. The van der Waals surface area contributed by atoms with E-state index in [-0.39, 0.29) is 5.76 Å². The molecule has 0 radical (unpaired) electrons. The van der Waals surface area contributed by atoms with Crippen LogP contribution in [0, 0.1) is 12.8 Å². The summed E-state index contributed by atoms with van der Waals surface area (Å²) in [6, 6.07) is 0. The second kappa shape index (κ2) is 3.52. The van der Waals surface area contributed by atoms with Crippen LogP contribution in [0.4, 0.5) is 13.2 Å². The predicted octanol–water partition coefficient (Wildman–Crippen LogP) is 1.76. The van der Waals surface area contributed by atoms with Gasteiger partial charge in [-0.25, -0.2) is 4.98 Å². The summed E-state index contributed by atoms with van der Waals surface area (Å²) in [5, 5.41) is 3.06. The number of alkyl halides is 3. The van der Waals surface area contributed by atoms with Gasteiger partial charge in [-0.15, -0.1) is 0 Å². The molecular formula is C9H11F3N2O. The van der Waals surface area contributed by atoms with Crippen molar-refractivity contribution in [2.75, 3.05) is 13.1 Å². The number of nitrogens with one attached hydrogen (secondary N) is 1. The highest BCUT2D eigenvalue weighted by Gasteiger charge is 2.38. The lowest BCUT2D eigenvalue weighted by Gasteiger charge is -2.26. The minimum atomic E-state index is -4.49. The minimum Gasteiger partial charge on any atom is -0.438 e. The average Bonchev–Trinajstić information content (AvgIpc) is 2.39. The Kier molecular flexibility index (Phi) is 2.46. The summed E-state index contributed by atoms with van der Waals surface area (Å²) in [4.78, 5) is 3.48. The van der Waals surface area contributed by atoms with Gasteiger partial charge in [0.05, 0.1) is 5.69 Å². The van der Waals surface area contributed by atoms with Gasteiger partial charge in [0.25, 0.3) is 0 Å². The first-order valence-corrected chi connectivity index (χ1v) is 4.71. The fourth-order valence-electron chi connectivity index (χ4n) is 1.50. The quantitative estimate of drug-likeness (QED) is 0.825. The lowest BCUT2D eigenvalue weighted by Crippen LogP contribution is -2.43. The highest BCUT2D eigenvalue weighted by Crippen LogP contribution is 2.30. The van der Waals surface area contributed by atoms with Gasteiger partial charge < -0.3 is 9.73 Å². The zero-order valence-corrected chi connectivity index (χ0v) is 8.19. The normalized spacial score (nSPS) is 17.9. The van der Waals surface area contributed by atoms with E-state index in [0.29, 0.717) is 18.0 Å². The second-order valence-corrected chi connectivity index (χ2v) is 3.75. The maximum Gasteiger partial charge on any atom is 0.468 e. The Morgan fingerprint density at radius 3 is 2.53 bits per heavy atom. The Bertz CT molecular complexity index is 355. The van der Waals surface area contributed by atoms with E-state index in [0.717, 1.165) is 13.1 Å². The molecule has 1 aliphatic rings. The molecule has 0 atom stereocenters. The zero-order valence-electron chi connectivity index (χ0n) is 8.19. The van der Waals surface area contributed by atoms with Crippen LogP contribution in [0.3, 0.4) is 0 Å². The van der Waals surface area contributed by atoms with Crippen LogP contribution in [0.25, 0.3) is 0 Å². The molecule has 1 aromatic heterocycles. The molecule has 1 aliphatic heterocycles. The molecule has 6 heteroatoms. The van der Waals surface area contributed by atoms with Gasteiger partial charge in [0, 0.05) is 0 Å². The van der Waals surface area contributed by atoms with Crippen molar-refractivity contribution < 1.29 is 17.6 Å². The van der Waals surface area contributed by atoms with Crippen molar-refractivity contribution in [3.63, 3.8) is 0 Å². The van der Waals surface area contributed by atoms with Gasteiger partial charge in [0.1, 0.15) is 5.76 Å². The van der Waals surface area contributed by atoms with Gasteiger partial charge in [-0.3, -0.25) is 0 Å². The van der Waals surface area contributed by atoms with E-state index in [1.807, 2.05) is 0 Å². The van der Waals surface area contributed by atoms with E-state index >= 15 is 0 Å². The summed E-state index contributed by atoms with van der Waals surface area (Å²) >= 11 is 0. The van der Waals surface area contributed by atoms with E-state index in [1.54, 1.807) is 0 Å². The van der Waals surface area contributed by atoms with Crippen LogP contribution >= 0.6 is 0 Å². The van der Waals surface area contributed by atoms with Gasteiger partial charge in [0.15, 0.2) is 0 Å². The van der Waals surface area contributed by atoms with Crippen molar-refractivity contribution in [2.24, 2.45) is 5.92 Å². The van der Waals surface area contributed by atoms with E-state index in [4.69, 9.17) is 0 Å². The number of halogens is 3. The first kappa shape index (κ1) is 10.5. The number of hydrogen-bond donors (Lipinski definition) is 1. The maximum absolute atomic E-state index is 12.2. The van der Waals surface area contributed by atoms with Crippen molar-refractivity contribution in [1.82, 2.24) is 10.3 Å². The fourth-order valence-corrected chi connectivity index (χ4v) is 1.50. The van der Waals surface area contributed by atoms with Crippen molar-refractivity contribution in [3.05, 3.63) is 17.3 Å². The van der Waals surface area contributed by atoms with Crippen molar-refractivity contribution in [2.45, 2.75) is 19.5 Å². The molecule has 84 valence electrons. The molecule has 2 rings (SSSR count). The molecule has 2 heterocycles. The van der Waals surface area contributed by atoms with Crippen LogP contribution in [0.2, 0.25) is 0 Å². The van der Waals surface area contributed by atoms with Crippen LogP contribution in [0.5, 0.6) is 0 Å². The van der Waals surface area contributed by atoms with Crippen molar-refractivity contribution in [1.29, 1.82) is 0 Å². The molecule has 0 spiro atoms. The summed E-state index contributed by atoms with van der Waals surface area (Å²) in [6.45, 7) is 3.20. The molecule has 0 bridgehead atoms. The number of nitrogens with zero attached hydrogens (tertiary/aromatic N) is 1. The van der Waals surface area contributed by atoms with Crippen molar-refractivity contribution in [3.8, 4) is 0 Å². The van der Waals surface area contributed by atoms with Gasteiger partial charge >= 0.3 is 12.1 Å². The number of hydrogen-bond acceptors (Lipinski definition) is 3. The molecular weight excluding hydrogens is 209 g/mol. The highest BCUT2D eigenvalue weighted by atomic mass is 19.4. The number of oxazole rings is 1. The monoisotopic (exact) mass is 220 g/mol. The summed E-state index contributed by atoms with van der Waals surface area (Å²) in [5.41, 5.74) is 0.425. The molecule has 0 unspecified atom stereocenters. The third-order valence-electron chi connectivity index (χ3n) is 2.48. The van der Waals surface area contributed by atoms with Crippen molar-refractivity contribution >= 4 is 0 Å². The first-order valence-electron chi connectivity index (χ1n) is 4.71. The SMILES string of the molecule is Cc1oc(C(F)(F)F)nc1CC1CNC1. The molecule has 1 fully saturated rings. The largest absolute Gasteiger partial charge is 0.468 e. The van der Waals surface area contributed by atoms with Gasteiger partial charge in [-0.2, -0.15) is 13.2 Å². The first-order chi connectivity index (χ1) is 6.97. The summed E-state index contributed by atoms with van der Waals surface area (Å²) < 4.78 is 41.3. The number of aryl methyl sites for hydroxylation is 1. The van der Waals surface area contributed by atoms with Gasteiger partial charge in [-0.05, 0) is 32.4 Å². The number of rotatable bonds is 2. The Labute approximate surface area is 84.7 Å². The Hall–Kier alpha value is -1.04. The maximum atomic E-state index is 12.2. The topological polar surface area (TPSA) is 38.1 Å². The van der Waals surface area contributed by atoms with Gasteiger partial charge in [0.2, 0.25) is 0 Å². The summed E-state index contributed by atoms with van der Waals surface area (Å²) in [5.74, 6) is -0.480. The average molecular weight is 220 g/mol. The third-order valence-corrected chi connectivity index (χ3v) is 2.48. The van der Waals surface area contributed by atoms with E-state index in [9.17, 15) is 13.2 Å². The molecule has 0 aromatic carbocycles. The van der Waals surface area contributed by atoms with Crippen LogP contribution in [0.15, 0.2) is 4.42 Å². The minimum absolute atomic E-state index is 0.272. The number of aromatic nitrogens is 1. The van der Waals surface area contributed by atoms with Crippen LogP contribution < -0.4 is 5.32 Å².